The monoisotopic (exact) mass is 487 g/mol. The van der Waals surface area contributed by atoms with Crippen molar-refractivity contribution in [2.75, 3.05) is 0 Å². The van der Waals surface area contributed by atoms with Gasteiger partial charge in [0.1, 0.15) is 0 Å². The normalized spacial score (nSPS) is 12.8. The number of thiophene rings is 1. The van der Waals surface area contributed by atoms with Gasteiger partial charge in [0.25, 0.3) is 0 Å². The zero-order chi connectivity index (χ0) is 20.6. The molecule has 1 aromatic carbocycles. The molecule has 2 N–H and O–H groups in total. The van der Waals surface area contributed by atoms with Crippen LogP contribution in [0.4, 0.5) is 0 Å². The highest BCUT2D eigenvalue weighted by atomic mass is 79.9. The maximum Gasteiger partial charge on any atom is 0.303 e. The second-order valence-electron chi connectivity index (χ2n) is 6.67. The van der Waals surface area contributed by atoms with Gasteiger partial charge in [-0.15, -0.1) is 11.3 Å². The summed E-state index contributed by atoms with van der Waals surface area (Å²) < 4.78 is 29.3. The van der Waals surface area contributed by atoms with Crippen molar-refractivity contribution >= 4 is 43.3 Å². The lowest BCUT2D eigenvalue weighted by atomic mass is 10.1. The van der Waals surface area contributed by atoms with Crippen molar-refractivity contribution < 1.29 is 18.3 Å². The predicted octanol–water partition coefficient (Wildman–Crippen LogP) is 5.52. The maximum atomic E-state index is 12.8. The minimum absolute atomic E-state index is 0.142. The van der Waals surface area contributed by atoms with Gasteiger partial charge in [0.05, 0.1) is 10.9 Å². The molecule has 0 aliphatic heterocycles. The molecule has 0 bridgehead atoms. The van der Waals surface area contributed by atoms with E-state index in [0.29, 0.717) is 12.8 Å². The van der Waals surface area contributed by atoms with E-state index in [1.54, 1.807) is 35.6 Å². The molecule has 0 spiro atoms. The molecular weight excluding hydrogens is 462 g/mol. The molecule has 0 saturated heterocycles. The summed E-state index contributed by atoms with van der Waals surface area (Å²) in [5, 5.41) is 8.78. The largest absolute Gasteiger partial charge is 0.481 e. The Morgan fingerprint density at radius 2 is 1.86 bits per heavy atom. The third-order valence-corrected chi connectivity index (χ3v) is 7.63. The molecule has 154 valence electrons. The van der Waals surface area contributed by atoms with E-state index < -0.39 is 16.0 Å². The number of benzene rings is 1. The van der Waals surface area contributed by atoms with Crippen molar-refractivity contribution in [1.29, 1.82) is 0 Å². The van der Waals surface area contributed by atoms with Crippen molar-refractivity contribution in [3.63, 3.8) is 0 Å². The molecule has 1 heterocycles. The molecule has 0 aliphatic rings. The van der Waals surface area contributed by atoms with Crippen molar-refractivity contribution in [3.05, 3.63) is 50.6 Å². The third-order valence-electron chi connectivity index (χ3n) is 4.36. The van der Waals surface area contributed by atoms with Crippen LogP contribution < -0.4 is 4.72 Å². The zero-order valence-corrected chi connectivity index (χ0v) is 19.1. The topological polar surface area (TPSA) is 83.5 Å². The summed E-state index contributed by atoms with van der Waals surface area (Å²) in [6.07, 6.45) is 5.21. The highest BCUT2D eigenvalue weighted by Crippen LogP contribution is 2.30. The van der Waals surface area contributed by atoms with E-state index in [1.165, 1.54) is 0 Å². The van der Waals surface area contributed by atoms with Gasteiger partial charge >= 0.3 is 5.97 Å². The number of halogens is 1. The highest BCUT2D eigenvalue weighted by molar-refractivity contribution is 9.10. The number of carboxylic acid groups (broad SMARTS) is 1. The van der Waals surface area contributed by atoms with Crippen molar-refractivity contribution in [3.8, 4) is 0 Å². The number of carbonyl (C=O) groups is 1. The first-order valence-corrected chi connectivity index (χ1v) is 12.5. The Morgan fingerprint density at radius 1 is 1.14 bits per heavy atom. The summed E-state index contributed by atoms with van der Waals surface area (Å²) in [5.41, 5.74) is 0. The number of sulfonamides is 1. The fourth-order valence-corrected chi connectivity index (χ4v) is 5.59. The van der Waals surface area contributed by atoms with E-state index in [4.69, 9.17) is 5.11 Å². The molecule has 8 heteroatoms. The lowest BCUT2D eigenvalue weighted by Gasteiger charge is -2.18. The zero-order valence-electron chi connectivity index (χ0n) is 15.9. The first-order valence-electron chi connectivity index (χ1n) is 9.40. The van der Waals surface area contributed by atoms with Crippen molar-refractivity contribution in [1.82, 2.24) is 4.72 Å². The van der Waals surface area contributed by atoms with Crippen molar-refractivity contribution in [2.45, 2.75) is 62.8 Å². The number of carboxylic acids is 1. The number of rotatable bonds is 12. The van der Waals surface area contributed by atoms with E-state index in [1.807, 2.05) is 12.1 Å². The second kappa shape index (κ2) is 11.1. The molecule has 0 radical (unpaired) electrons. The van der Waals surface area contributed by atoms with Gasteiger partial charge in [0, 0.05) is 20.6 Å². The summed E-state index contributed by atoms with van der Waals surface area (Å²) in [6, 6.07) is 10.3. The molecule has 0 amide bonds. The molecular formula is C20H26BrNO4S2. The minimum Gasteiger partial charge on any atom is -0.481 e. The van der Waals surface area contributed by atoms with Gasteiger partial charge in [-0.2, -0.15) is 0 Å². The Bertz CT molecular complexity index is 863. The first kappa shape index (κ1) is 23.1. The van der Waals surface area contributed by atoms with E-state index in [-0.39, 0.29) is 17.4 Å². The number of hydrogen-bond donors (Lipinski definition) is 2. The van der Waals surface area contributed by atoms with Crippen LogP contribution in [0.15, 0.2) is 45.8 Å². The molecule has 28 heavy (non-hydrogen) atoms. The Kier molecular flexibility index (Phi) is 9.14. The Morgan fingerprint density at radius 3 is 2.50 bits per heavy atom. The molecule has 0 saturated carbocycles. The molecule has 0 aliphatic carbocycles. The van der Waals surface area contributed by atoms with Crippen LogP contribution in [0.5, 0.6) is 0 Å². The van der Waals surface area contributed by atoms with Crippen LogP contribution in [0.3, 0.4) is 0 Å². The number of aryl methyl sites for hydroxylation is 1. The molecule has 2 aromatic rings. The van der Waals surface area contributed by atoms with E-state index in [9.17, 15) is 13.2 Å². The van der Waals surface area contributed by atoms with Gasteiger partial charge < -0.3 is 5.11 Å². The summed E-state index contributed by atoms with van der Waals surface area (Å²) in [4.78, 5) is 13.0. The predicted molar refractivity (Wildman–Crippen MR) is 116 cm³/mol. The van der Waals surface area contributed by atoms with Gasteiger partial charge in [-0.3, -0.25) is 4.79 Å². The number of aliphatic carboxylic acids is 1. The van der Waals surface area contributed by atoms with Crippen LogP contribution in [-0.4, -0.2) is 19.5 Å². The Hall–Kier alpha value is -1.22. The lowest BCUT2D eigenvalue weighted by Crippen LogP contribution is -2.28. The van der Waals surface area contributed by atoms with E-state index in [2.05, 4.69) is 27.6 Å². The molecule has 1 aromatic heterocycles. The van der Waals surface area contributed by atoms with Gasteiger partial charge in [-0.05, 0) is 55.7 Å². The van der Waals surface area contributed by atoms with Crippen LogP contribution >= 0.6 is 27.3 Å². The van der Waals surface area contributed by atoms with Gasteiger partial charge in [-0.25, -0.2) is 13.1 Å². The average Bonchev–Trinajstić information content (AvgIpc) is 3.10. The molecule has 5 nitrogen and oxygen atoms in total. The van der Waals surface area contributed by atoms with E-state index in [0.717, 1.165) is 39.9 Å². The SMILES string of the molecule is CCCCCC(NS(=O)(=O)c1ccc(Br)cc1)c1ccc(CCCC(=O)O)s1. The summed E-state index contributed by atoms with van der Waals surface area (Å²) in [5.74, 6) is -0.795. The lowest BCUT2D eigenvalue weighted by molar-refractivity contribution is -0.137. The fourth-order valence-electron chi connectivity index (χ4n) is 2.86. The Labute approximate surface area is 179 Å². The Balaban J connectivity index is 2.14. The average molecular weight is 488 g/mol. The van der Waals surface area contributed by atoms with Gasteiger partial charge in [0.2, 0.25) is 10.0 Å². The molecule has 1 unspecified atom stereocenters. The number of hydrogen-bond acceptors (Lipinski definition) is 4. The highest BCUT2D eigenvalue weighted by Gasteiger charge is 2.22. The number of nitrogens with one attached hydrogen (secondary N) is 1. The van der Waals surface area contributed by atoms with Crippen LogP contribution in [0, 0.1) is 0 Å². The summed E-state index contributed by atoms with van der Waals surface area (Å²) >= 11 is 4.89. The molecule has 1 atom stereocenters. The maximum absolute atomic E-state index is 12.8. The second-order valence-corrected chi connectivity index (χ2v) is 10.5. The molecule has 0 fully saturated rings. The van der Waals surface area contributed by atoms with Crippen LogP contribution in [0.25, 0.3) is 0 Å². The van der Waals surface area contributed by atoms with E-state index >= 15 is 0 Å². The smallest absolute Gasteiger partial charge is 0.303 e. The minimum atomic E-state index is -3.62. The number of unbranched alkanes of at least 4 members (excludes halogenated alkanes) is 2. The van der Waals surface area contributed by atoms with Crippen molar-refractivity contribution in [2.24, 2.45) is 0 Å². The van der Waals surface area contributed by atoms with Gasteiger partial charge in [0.15, 0.2) is 0 Å². The third kappa shape index (κ3) is 7.31. The quantitative estimate of drug-likeness (QED) is 0.386. The van der Waals surface area contributed by atoms with Gasteiger partial charge in [-0.1, -0.05) is 42.1 Å². The fraction of sp³-hybridized carbons (Fsp3) is 0.450. The summed E-state index contributed by atoms with van der Waals surface area (Å²) in [6.45, 7) is 2.12. The summed E-state index contributed by atoms with van der Waals surface area (Å²) in [7, 11) is -3.62. The standard InChI is InChI=1S/C20H26BrNO4S2/c1-2-3-4-7-18(19-14-11-16(27-19)6-5-8-20(23)24)22-28(25,26)17-12-9-15(21)10-13-17/h9-14,18,22H,2-8H2,1H3,(H,23,24). The molecule has 2 rings (SSSR count). The first-order chi connectivity index (χ1) is 13.3. The van der Waals surface area contributed by atoms with Crippen LogP contribution in [0.1, 0.15) is 61.2 Å². The van der Waals surface area contributed by atoms with Crippen LogP contribution in [-0.2, 0) is 21.2 Å². The van der Waals surface area contributed by atoms with Crippen LogP contribution in [0.2, 0.25) is 0 Å².